The van der Waals surface area contributed by atoms with Gasteiger partial charge in [-0.05, 0) is 12.0 Å². The molecule has 0 saturated heterocycles. The molecule has 0 atom stereocenters. The van der Waals surface area contributed by atoms with Crippen LogP contribution in [0.1, 0.15) is 12.1 Å². The van der Waals surface area contributed by atoms with E-state index in [-0.39, 0.29) is 0 Å². The van der Waals surface area contributed by atoms with Crippen LogP contribution in [0.5, 0.6) is 0 Å². The smallest absolute Gasteiger partial charge is 0.158 e. The van der Waals surface area contributed by atoms with Crippen molar-refractivity contribution in [2.24, 2.45) is 0 Å². The molecule has 88 valence electrons. The van der Waals surface area contributed by atoms with Crippen LogP contribution in [0.2, 0.25) is 0 Å². The first-order chi connectivity index (χ1) is 8.33. The zero-order valence-corrected chi connectivity index (χ0v) is 9.76. The zero-order chi connectivity index (χ0) is 12.1. The van der Waals surface area contributed by atoms with Gasteiger partial charge in [-0.2, -0.15) is 5.26 Å². The lowest BCUT2D eigenvalue weighted by molar-refractivity contribution is 0.222. The number of nitriles is 1. The Morgan fingerprint density at radius 3 is 2.88 bits per heavy atom. The molecule has 1 aromatic heterocycles. The van der Waals surface area contributed by atoms with E-state index in [0.29, 0.717) is 12.3 Å². The maximum Gasteiger partial charge on any atom is 0.158 e. The normalized spacial score (nSPS) is 15.3. The van der Waals surface area contributed by atoms with Crippen molar-refractivity contribution < 1.29 is 4.74 Å². The van der Waals surface area contributed by atoms with Gasteiger partial charge in [0.25, 0.3) is 0 Å². The molecule has 0 spiro atoms. The van der Waals surface area contributed by atoms with E-state index < -0.39 is 0 Å². The summed E-state index contributed by atoms with van der Waals surface area (Å²) >= 11 is 0. The lowest BCUT2D eigenvalue weighted by atomic mass is 10.1. The fourth-order valence-electron chi connectivity index (χ4n) is 1.78. The molecule has 0 fully saturated rings. The highest BCUT2D eigenvalue weighted by Gasteiger charge is 2.13. The number of aromatic nitrogens is 2. The van der Waals surface area contributed by atoms with Crippen LogP contribution in [0.4, 0.5) is 5.82 Å². The van der Waals surface area contributed by atoms with Crippen molar-refractivity contribution in [1.29, 1.82) is 5.26 Å². The average Bonchev–Trinajstić information content (AvgIpc) is 2.40. The number of rotatable bonds is 3. The van der Waals surface area contributed by atoms with Gasteiger partial charge in [0.15, 0.2) is 5.69 Å². The number of ether oxygens (including phenoxy) is 1. The molecule has 1 aliphatic heterocycles. The van der Waals surface area contributed by atoms with E-state index in [2.05, 4.69) is 20.9 Å². The Hall–Kier alpha value is -1.93. The summed E-state index contributed by atoms with van der Waals surface area (Å²) in [5, 5.41) is 8.64. The van der Waals surface area contributed by atoms with E-state index in [0.717, 1.165) is 25.3 Å². The van der Waals surface area contributed by atoms with Gasteiger partial charge in [0.1, 0.15) is 11.9 Å². The van der Waals surface area contributed by atoms with Gasteiger partial charge in [-0.1, -0.05) is 6.08 Å². The fourth-order valence-corrected chi connectivity index (χ4v) is 1.78. The first-order valence-corrected chi connectivity index (χ1v) is 5.47. The highest BCUT2D eigenvalue weighted by Crippen LogP contribution is 2.16. The number of methoxy groups -OCH3 is 1. The molecule has 0 aromatic carbocycles. The standard InChI is InChI=1S/C12H14N4O/c1-17-9-10-2-4-16(5-3-10)12-8-14-11(6-13)7-15-12/h2,7-8H,3-5,9H2,1H3. The van der Waals surface area contributed by atoms with Crippen molar-refractivity contribution in [2.45, 2.75) is 6.42 Å². The van der Waals surface area contributed by atoms with E-state index in [1.807, 2.05) is 6.07 Å². The highest BCUT2D eigenvalue weighted by atomic mass is 16.5. The van der Waals surface area contributed by atoms with Gasteiger partial charge in [-0.15, -0.1) is 0 Å². The Kier molecular flexibility index (Phi) is 3.68. The van der Waals surface area contributed by atoms with Crippen molar-refractivity contribution in [3.8, 4) is 6.07 Å². The van der Waals surface area contributed by atoms with Crippen LogP contribution in [0, 0.1) is 11.3 Å². The molecule has 5 nitrogen and oxygen atoms in total. The molecule has 17 heavy (non-hydrogen) atoms. The average molecular weight is 230 g/mol. The highest BCUT2D eigenvalue weighted by molar-refractivity contribution is 5.40. The van der Waals surface area contributed by atoms with Crippen LogP contribution in [-0.4, -0.2) is 36.8 Å². The van der Waals surface area contributed by atoms with Crippen molar-refractivity contribution >= 4 is 5.82 Å². The maximum absolute atomic E-state index is 8.64. The van der Waals surface area contributed by atoms with Crippen molar-refractivity contribution in [2.75, 3.05) is 31.7 Å². The summed E-state index contributed by atoms with van der Waals surface area (Å²) in [7, 11) is 1.71. The molecule has 1 aliphatic rings. The molecule has 0 radical (unpaired) electrons. The Bertz CT molecular complexity index is 447. The molecular formula is C12H14N4O. The molecular weight excluding hydrogens is 216 g/mol. The van der Waals surface area contributed by atoms with Gasteiger partial charge in [0.2, 0.25) is 0 Å². The predicted octanol–water partition coefficient (Wildman–Crippen LogP) is 1.13. The maximum atomic E-state index is 8.64. The monoisotopic (exact) mass is 230 g/mol. The summed E-state index contributed by atoms with van der Waals surface area (Å²) in [6, 6.07) is 1.96. The minimum absolute atomic E-state index is 0.348. The molecule has 1 aromatic rings. The second-order valence-electron chi connectivity index (χ2n) is 3.86. The Morgan fingerprint density at radius 1 is 1.47 bits per heavy atom. The second kappa shape index (κ2) is 5.41. The van der Waals surface area contributed by atoms with Gasteiger partial charge in [-0.3, -0.25) is 0 Å². The summed E-state index contributed by atoms with van der Waals surface area (Å²) in [6.45, 7) is 2.43. The van der Waals surface area contributed by atoms with Crippen LogP contribution in [-0.2, 0) is 4.74 Å². The van der Waals surface area contributed by atoms with E-state index in [4.69, 9.17) is 10.00 Å². The van der Waals surface area contributed by atoms with Crippen molar-refractivity contribution in [3.63, 3.8) is 0 Å². The van der Waals surface area contributed by atoms with E-state index in [9.17, 15) is 0 Å². The van der Waals surface area contributed by atoms with Crippen molar-refractivity contribution in [1.82, 2.24) is 9.97 Å². The molecule has 0 unspecified atom stereocenters. The lowest BCUT2D eigenvalue weighted by Crippen LogP contribution is -2.30. The second-order valence-corrected chi connectivity index (χ2v) is 3.86. The van der Waals surface area contributed by atoms with Gasteiger partial charge in [0, 0.05) is 20.2 Å². The number of anilines is 1. The molecule has 0 bridgehead atoms. The van der Waals surface area contributed by atoms with Gasteiger partial charge < -0.3 is 9.64 Å². The minimum atomic E-state index is 0.348. The van der Waals surface area contributed by atoms with E-state index in [1.54, 1.807) is 13.3 Å². The third-order valence-electron chi connectivity index (χ3n) is 2.71. The molecule has 2 rings (SSSR count). The first-order valence-electron chi connectivity index (χ1n) is 5.47. The Morgan fingerprint density at radius 2 is 2.35 bits per heavy atom. The van der Waals surface area contributed by atoms with Crippen LogP contribution >= 0.6 is 0 Å². The number of nitrogens with zero attached hydrogens (tertiary/aromatic N) is 4. The van der Waals surface area contributed by atoms with Gasteiger partial charge >= 0.3 is 0 Å². The van der Waals surface area contributed by atoms with Gasteiger partial charge in [-0.25, -0.2) is 9.97 Å². The predicted molar refractivity (Wildman–Crippen MR) is 63.5 cm³/mol. The quantitative estimate of drug-likeness (QED) is 0.728. The molecule has 0 amide bonds. The lowest BCUT2D eigenvalue weighted by Gasteiger charge is -2.26. The van der Waals surface area contributed by atoms with E-state index >= 15 is 0 Å². The van der Waals surface area contributed by atoms with Crippen LogP contribution in [0.3, 0.4) is 0 Å². The SMILES string of the molecule is COCC1=CCN(c2cnc(C#N)cn2)CC1. The molecule has 2 heterocycles. The summed E-state index contributed by atoms with van der Waals surface area (Å²) in [5.74, 6) is 0.816. The van der Waals surface area contributed by atoms with Crippen LogP contribution < -0.4 is 4.90 Å². The summed E-state index contributed by atoms with van der Waals surface area (Å²) < 4.78 is 5.10. The Labute approximate surface area is 100 Å². The summed E-state index contributed by atoms with van der Waals surface area (Å²) in [5.41, 5.74) is 1.67. The minimum Gasteiger partial charge on any atom is -0.380 e. The van der Waals surface area contributed by atoms with Gasteiger partial charge in [0.05, 0.1) is 19.0 Å². The largest absolute Gasteiger partial charge is 0.380 e. The summed E-state index contributed by atoms with van der Waals surface area (Å²) in [4.78, 5) is 10.4. The molecule has 0 aliphatic carbocycles. The van der Waals surface area contributed by atoms with E-state index in [1.165, 1.54) is 11.8 Å². The first kappa shape index (κ1) is 11.6. The topological polar surface area (TPSA) is 62.0 Å². The molecule has 0 saturated carbocycles. The number of hydrogen-bond donors (Lipinski definition) is 0. The third-order valence-corrected chi connectivity index (χ3v) is 2.71. The molecule has 0 N–H and O–H groups in total. The molecule has 5 heteroatoms. The Balaban J connectivity index is 2.03. The van der Waals surface area contributed by atoms with Crippen molar-refractivity contribution in [3.05, 3.63) is 29.7 Å². The zero-order valence-electron chi connectivity index (χ0n) is 9.76. The fraction of sp³-hybridized carbons (Fsp3) is 0.417. The number of hydrogen-bond acceptors (Lipinski definition) is 5. The summed E-state index contributed by atoms with van der Waals surface area (Å²) in [6.07, 6.45) is 6.29. The van der Waals surface area contributed by atoms with Crippen LogP contribution in [0.15, 0.2) is 24.0 Å². The third kappa shape index (κ3) is 2.80. The van der Waals surface area contributed by atoms with Crippen LogP contribution in [0.25, 0.3) is 0 Å².